The first-order valence-electron chi connectivity index (χ1n) is 12.8. The Labute approximate surface area is 204 Å². The number of rotatable bonds is 9. The molecule has 3 aliphatic heterocycles. The third kappa shape index (κ3) is 6.84. The minimum Gasteiger partial charge on any atom is -0.493 e. The molecule has 1 aromatic carbocycles. The normalized spacial score (nSPS) is 27.0. The van der Waals surface area contributed by atoms with Gasteiger partial charge in [-0.3, -0.25) is 9.69 Å². The lowest BCUT2D eigenvalue weighted by molar-refractivity contribution is -0.128. The molecule has 4 rings (SSSR count). The van der Waals surface area contributed by atoms with Crippen molar-refractivity contribution < 1.29 is 19.0 Å². The van der Waals surface area contributed by atoms with E-state index in [2.05, 4.69) is 39.2 Å². The molecule has 0 spiro atoms. The zero-order valence-electron chi connectivity index (χ0n) is 21.1. The van der Waals surface area contributed by atoms with E-state index in [-0.39, 0.29) is 17.9 Å². The van der Waals surface area contributed by atoms with Crippen molar-refractivity contribution in [3.05, 3.63) is 23.8 Å². The van der Waals surface area contributed by atoms with Gasteiger partial charge in [-0.1, -0.05) is 6.07 Å². The SMILES string of the molecule is COc1ccc(CN2C[C@@H](CN3CCN(C)CC3)C[C@@H](C(=O)NC[C@H]3CCCO3)C2)cc1OC. The van der Waals surface area contributed by atoms with Crippen molar-refractivity contribution in [2.75, 3.05) is 80.2 Å². The van der Waals surface area contributed by atoms with E-state index in [9.17, 15) is 4.79 Å². The Kier molecular flexibility index (Phi) is 9.05. The van der Waals surface area contributed by atoms with Crippen molar-refractivity contribution in [2.24, 2.45) is 11.8 Å². The fraction of sp³-hybridized carbons (Fsp3) is 0.731. The number of carbonyl (C=O) groups is 1. The number of piperazine rings is 1. The molecule has 34 heavy (non-hydrogen) atoms. The summed E-state index contributed by atoms with van der Waals surface area (Å²) in [6.07, 6.45) is 3.27. The molecule has 3 heterocycles. The first-order chi connectivity index (χ1) is 16.5. The van der Waals surface area contributed by atoms with Crippen LogP contribution in [0.15, 0.2) is 18.2 Å². The number of methoxy groups -OCH3 is 2. The Morgan fingerprint density at radius 2 is 1.88 bits per heavy atom. The second-order valence-electron chi connectivity index (χ2n) is 10.2. The maximum atomic E-state index is 13.2. The van der Waals surface area contributed by atoms with Gasteiger partial charge in [0.05, 0.1) is 26.2 Å². The largest absolute Gasteiger partial charge is 0.493 e. The van der Waals surface area contributed by atoms with Crippen LogP contribution in [0.4, 0.5) is 0 Å². The number of ether oxygens (including phenoxy) is 3. The van der Waals surface area contributed by atoms with Gasteiger partial charge in [0.15, 0.2) is 11.5 Å². The lowest BCUT2D eigenvalue weighted by Crippen LogP contribution is -2.51. The van der Waals surface area contributed by atoms with E-state index in [4.69, 9.17) is 14.2 Å². The van der Waals surface area contributed by atoms with Crippen LogP contribution in [0.1, 0.15) is 24.8 Å². The number of carbonyl (C=O) groups excluding carboxylic acids is 1. The average Bonchev–Trinajstić information content (AvgIpc) is 3.37. The molecule has 0 bridgehead atoms. The molecule has 1 N–H and O–H groups in total. The van der Waals surface area contributed by atoms with E-state index in [0.29, 0.717) is 12.5 Å². The number of benzene rings is 1. The molecule has 1 aromatic rings. The Hall–Kier alpha value is -1.87. The lowest BCUT2D eigenvalue weighted by Gasteiger charge is -2.41. The molecule has 1 amide bonds. The maximum absolute atomic E-state index is 13.2. The van der Waals surface area contributed by atoms with Gasteiger partial charge in [-0.2, -0.15) is 0 Å². The summed E-state index contributed by atoms with van der Waals surface area (Å²) >= 11 is 0. The summed E-state index contributed by atoms with van der Waals surface area (Å²) in [7, 11) is 5.52. The molecule has 0 saturated carbocycles. The van der Waals surface area contributed by atoms with Crippen molar-refractivity contribution in [1.82, 2.24) is 20.0 Å². The van der Waals surface area contributed by atoms with Crippen LogP contribution in [0.5, 0.6) is 11.5 Å². The Bertz CT molecular complexity index is 793. The molecular weight excluding hydrogens is 432 g/mol. The highest BCUT2D eigenvalue weighted by atomic mass is 16.5. The second kappa shape index (κ2) is 12.2. The van der Waals surface area contributed by atoms with E-state index in [1.807, 2.05) is 6.07 Å². The summed E-state index contributed by atoms with van der Waals surface area (Å²) in [5, 5.41) is 3.19. The topological polar surface area (TPSA) is 66.5 Å². The summed E-state index contributed by atoms with van der Waals surface area (Å²) in [5.74, 6) is 2.15. The molecular formula is C26H42N4O4. The van der Waals surface area contributed by atoms with E-state index < -0.39 is 0 Å². The van der Waals surface area contributed by atoms with Gasteiger partial charge in [0.25, 0.3) is 0 Å². The van der Waals surface area contributed by atoms with Gasteiger partial charge in [0.2, 0.25) is 5.91 Å². The van der Waals surface area contributed by atoms with Crippen LogP contribution in [0, 0.1) is 11.8 Å². The predicted molar refractivity (Wildman–Crippen MR) is 132 cm³/mol. The number of nitrogens with zero attached hydrogens (tertiary/aromatic N) is 3. The average molecular weight is 475 g/mol. The smallest absolute Gasteiger partial charge is 0.224 e. The predicted octanol–water partition coefficient (Wildman–Crippen LogP) is 1.68. The minimum absolute atomic E-state index is 0.00719. The summed E-state index contributed by atoms with van der Waals surface area (Å²) in [4.78, 5) is 20.6. The zero-order chi connectivity index (χ0) is 23.9. The van der Waals surface area contributed by atoms with E-state index in [1.54, 1.807) is 14.2 Å². The van der Waals surface area contributed by atoms with Crippen LogP contribution in [0.25, 0.3) is 0 Å². The van der Waals surface area contributed by atoms with Crippen LogP contribution in [0.3, 0.4) is 0 Å². The molecule has 3 aliphatic rings. The van der Waals surface area contributed by atoms with Gasteiger partial charge in [0.1, 0.15) is 0 Å². The van der Waals surface area contributed by atoms with E-state index in [0.717, 1.165) is 89.7 Å². The lowest BCUT2D eigenvalue weighted by atomic mass is 9.87. The number of likely N-dealkylation sites (N-methyl/N-ethyl adjacent to an activating group) is 1. The highest BCUT2D eigenvalue weighted by Gasteiger charge is 2.33. The number of hydrogen-bond acceptors (Lipinski definition) is 7. The summed E-state index contributed by atoms with van der Waals surface area (Å²) in [5.41, 5.74) is 1.18. The fourth-order valence-electron chi connectivity index (χ4n) is 5.55. The van der Waals surface area contributed by atoms with E-state index >= 15 is 0 Å². The van der Waals surface area contributed by atoms with Gasteiger partial charge in [0, 0.05) is 65.5 Å². The van der Waals surface area contributed by atoms with Gasteiger partial charge in [-0.25, -0.2) is 0 Å². The summed E-state index contributed by atoms with van der Waals surface area (Å²) in [6.45, 7) is 9.56. The summed E-state index contributed by atoms with van der Waals surface area (Å²) < 4.78 is 16.6. The van der Waals surface area contributed by atoms with Crippen molar-refractivity contribution in [3.63, 3.8) is 0 Å². The van der Waals surface area contributed by atoms with Gasteiger partial charge in [-0.15, -0.1) is 0 Å². The molecule has 0 unspecified atom stereocenters. The number of likely N-dealkylation sites (tertiary alicyclic amines) is 1. The fourth-order valence-corrected chi connectivity index (χ4v) is 5.55. The van der Waals surface area contributed by atoms with Crippen LogP contribution in [0.2, 0.25) is 0 Å². The van der Waals surface area contributed by atoms with Crippen molar-refractivity contribution in [3.8, 4) is 11.5 Å². The molecule has 0 aromatic heterocycles. The molecule has 0 radical (unpaired) electrons. The zero-order valence-corrected chi connectivity index (χ0v) is 21.1. The number of amides is 1. The van der Waals surface area contributed by atoms with Gasteiger partial charge < -0.3 is 29.3 Å². The monoisotopic (exact) mass is 474 g/mol. The molecule has 3 fully saturated rings. The Morgan fingerprint density at radius 1 is 1.09 bits per heavy atom. The number of piperidine rings is 1. The standard InChI is InChI=1S/C26H42N4O4/c1-28-8-10-29(11-9-28)17-21-13-22(26(31)27-15-23-5-4-12-34-23)19-30(18-21)16-20-6-7-24(32-2)25(14-20)33-3/h6-7,14,21-23H,4-5,8-13,15-19H2,1-3H3,(H,27,31)/t21-,22-,23-/m1/s1. The maximum Gasteiger partial charge on any atom is 0.224 e. The molecule has 190 valence electrons. The molecule has 8 nitrogen and oxygen atoms in total. The Balaban J connectivity index is 1.40. The minimum atomic E-state index is 0.00719. The number of hydrogen-bond donors (Lipinski definition) is 1. The molecule has 3 atom stereocenters. The van der Waals surface area contributed by atoms with Crippen molar-refractivity contribution in [1.29, 1.82) is 0 Å². The first kappa shape index (κ1) is 25.2. The third-order valence-corrected chi connectivity index (χ3v) is 7.48. The van der Waals surface area contributed by atoms with E-state index in [1.165, 1.54) is 5.56 Å². The number of nitrogens with one attached hydrogen (secondary N) is 1. The van der Waals surface area contributed by atoms with Crippen LogP contribution < -0.4 is 14.8 Å². The van der Waals surface area contributed by atoms with Gasteiger partial charge >= 0.3 is 0 Å². The quantitative estimate of drug-likeness (QED) is 0.584. The highest BCUT2D eigenvalue weighted by molar-refractivity contribution is 5.79. The molecule has 3 saturated heterocycles. The molecule has 8 heteroatoms. The second-order valence-corrected chi connectivity index (χ2v) is 10.2. The van der Waals surface area contributed by atoms with Crippen molar-refractivity contribution >= 4 is 5.91 Å². The van der Waals surface area contributed by atoms with Crippen LogP contribution in [-0.2, 0) is 16.1 Å². The first-order valence-corrected chi connectivity index (χ1v) is 12.8. The van der Waals surface area contributed by atoms with Crippen LogP contribution >= 0.6 is 0 Å². The van der Waals surface area contributed by atoms with Crippen molar-refractivity contribution in [2.45, 2.75) is 31.9 Å². The van der Waals surface area contributed by atoms with Crippen LogP contribution in [-0.4, -0.2) is 107 Å². The third-order valence-electron chi connectivity index (χ3n) is 7.48. The Morgan fingerprint density at radius 3 is 2.59 bits per heavy atom. The summed E-state index contributed by atoms with van der Waals surface area (Å²) in [6, 6.07) is 6.11. The van der Waals surface area contributed by atoms with Gasteiger partial charge in [-0.05, 0) is 49.9 Å². The highest BCUT2D eigenvalue weighted by Crippen LogP contribution is 2.30. The molecule has 0 aliphatic carbocycles.